The van der Waals surface area contributed by atoms with Gasteiger partial charge in [0.1, 0.15) is 16.8 Å². The van der Waals surface area contributed by atoms with Crippen LogP contribution in [0.4, 0.5) is 16.2 Å². The second-order valence-corrected chi connectivity index (χ2v) is 7.29. The smallest absolute Gasteiger partial charge is 0.235 e. The predicted molar refractivity (Wildman–Crippen MR) is 112 cm³/mol. The van der Waals surface area contributed by atoms with Gasteiger partial charge in [-0.3, -0.25) is 9.69 Å². The third-order valence-corrected chi connectivity index (χ3v) is 5.08. The van der Waals surface area contributed by atoms with Gasteiger partial charge in [0.15, 0.2) is 0 Å². The van der Waals surface area contributed by atoms with E-state index in [0.717, 1.165) is 12.8 Å². The first kappa shape index (κ1) is 20.6. The predicted octanol–water partition coefficient (Wildman–Crippen LogP) is 5.12. The molecule has 2 heterocycles. The molecule has 3 rings (SSSR count). The van der Waals surface area contributed by atoms with Gasteiger partial charge in [-0.25, -0.2) is 4.39 Å². The molecule has 2 aromatic rings. The van der Waals surface area contributed by atoms with E-state index in [1.165, 1.54) is 12.1 Å². The van der Waals surface area contributed by atoms with Crippen LogP contribution in [0.1, 0.15) is 26.2 Å². The first-order valence-corrected chi connectivity index (χ1v) is 9.91. The van der Waals surface area contributed by atoms with Gasteiger partial charge in [0, 0.05) is 31.6 Å². The SMILES string of the molecule is C=CCN(CCC)c1nc(N2CCCC2=O)nc(Cl)c1-c1ccc(F)cc1Cl. The summed E-state index contributed by atoms with van der Waals surface area (Å²) in [4.78, 5) is 24.8. The zero-order valence-corrected chi connectivity index (χ0v) is 17.1. The Morgan fingerprint density at radius 1 is 1.36 bits per heavy atom. The maximum atomic E-state index is 13.6. The lowest BCUT2D eigenvalue weighted by molar-refractivity contribution is -0.117. The lowest BCUT2D eigenvalue weighted by atomic mass is 10.1. The summed E-state index contributed by atoms with van der Waals surface area (Å²) in [6.45, 7) is 7.64. The van der Waals surface area contributed by atoms with Gasteiger partial charge in [-0.05, 0) is 31.0 Å². The molecule has 1 amide bonds. The Morgan fingerprint density at radius 3 is 2.75 bits per heavy atom. The Bertz CT molecular complexity index is 906. The maximum absolute atomic E-state index is 13.6. The van der Waals surface area contributed by atoms with Crippen LogP contribution in [0.25, 0.3) is 11.1 Å². The molecule has 0 radical (unpaired) electrons. The van der Waals surface area contributed by atoms with Crippen molar-refractivity contribution in [3.8, 4) is 11.1 Å². The van der Waals surface area contributed by atoms with Gasteiger partial charge in [0.05, 0.1) is 10.6 Å². The molecular weight excluding hydrogens is 402 g/mol. The number of benzene rings is 1. The van der Waals surface area contributed by atoms with Gasteiger partial charge < -0.3 is 4.90 Å². The standard InChI is InChI=1S/C20H21Cl2FN4O/c1-3-9-26(10-4-2)19-17(14-8-7-13(23)12-15(14)21)18(22)24-20(25-19)27-11-5-6-16(27)28/h3,7-8,12H,1,4-6,9-11H2,2H3. The summed E-state index contributed by atoms with van der Waals surface area (Å²) in [7, 11) is 0. The first-order valence-electron chi connectivity index (χ1n) is 9.15. The summed E-state index contributed by atoms with van der Waals surface area (Å²) in [6, 6.07) is 4.11. The molecule has 0 bridgehead atoms. The van der Waals surface area contributed by atoms with Gasteiger partial charge in [0.25, 0.3) is 0 Å². The molecular formula is C20H21Cl2FN4O. The van der Waals surface area contributed by atoms with Crippen molar-refractivity contribution in [2.75, 3.05) is 29.4 Å². The molecule has 1 aliphatic rings. The molecule has 148 valence electrons. The van der Waals surface area contributed by atoms with Crippen LogP contribution in [0.15, 0.2) is 30.9 Å². The molecule has 1 aromatic heterocycles. The topological polar surface area (TPSA) is 49.3 Å². The van der Waals surface area contributed by atoms with Gasteiger partial charge in [-0.1, -0.05) is 36.2 Å². The second-order valence-electron chi connectivity index (χ2n) is 6.52. The molecule has 1 aliphatic heterocycles. The van der Waals surface area contributed by atoms with Gasteiger partial charge >= 0.3 is 0 Å². The molecule has 0 atom stereocenters. The molecule has 0 unspecified atom stereocenters. The lowest BCUT2D eigenvalue weighted by Crippen LogP contribution is -2.30. The number of rotatable bonds is 7. The number of aromatic nitrogens is 2. The minimum absolute atomic E-state index is 0.0275. The van der Waals surface area contributed by atoms with Crippen molar-refractivity contribution >= 4 is 40.9 Å². The van der Waals surface area contributed by atoms with Crippen LogP contribution in [0.2, 0.25) is 10.2 Å². The summed E-state index contributed by atoms with van der Waals surface area (Å²) >= 11 is 12.9. The molecule has 0 N–H and O–H groups in total. The fraction of sp³-hybridized carbons (Fsp3) is 0.350. The third kappa shape index (κ3) is 4.13. The Kier molecular flexibility index (Phi) is 6.52. The highest BCUT2D eigenvalue weighted by molar-refractivity contribution is 6.36. The van der Waals surface area contributed by atoms with Crippen molar-refractivity contribution in [3.63, 3.8) is 0 Å². The van der Waals surface area contributed by atoms with Crippen molar-refractivity contribution in [3.05, 3.63) is 46.8 Å². The fourth-order valence-electron chi connectivity index (χ4n) is 3.25. The average Bonchev–Trinajstić information content (AvgIpc) is 3.08. The van der Waals surface area contributed by atoms with E-state index in [1.54, 1.807) is 17.0 Å². The Labute approximate surface area is 173 Å². The number of hydrogen-bond acceptors (Lipinski definition) is 4. The van der Waals surface area contributed by atoms with Gasteiger partial charge in [0.2, 0.25) is 11.9 Å². The molecule has 0 saturated carbocycles. The van der Waals surface area contributed by atoms with E-state index >= 15 is 0 Å². The van der Waals surface area contributed by atoms with E-state index in [9.17, 15) is 9.18 Å². The lowest BCUT2D eigenvalue weighted by Gasteiger charge is -2.26. The van der Waals surface area contributed by atoms with E-state index in [0.29, 0.717) is 43.0 Å². The van der Waals surface area contributed by atoms with Crippen LogP contribution < -0.4 is 9.80 Å². The minimum atomic E-state index is -0.442. The molecule has 5 nitrogen and oxygen atoms in total. The Balaban J connectivity index is 2.21. The summed E-state index contributed by atoms with van der Waals surface area (Å²) < 4.78 is 13.6. The van der Waals surface area contributed by atoms with Crippen molar-refractivity contribution < 1.29 is 9.18 Å². The van der Waals surface area contributed by atoms with Gasteiger partial charge in [-0.2, -0.15) is 9.97 Å². The monoisotopic (exact) mass is 422 g/mol. The Morgan fingerprint density at radius 2 is 2.14 bits per heavy atom. The van der Waals surface area contributed by atoms with E-state index in [4.69, 9.17) is 23.2 Å². The zero-order chi connectivity index (χ0) is 20.3. The number of hydrogen-bond donors (Lipinski definition) is 0. The highest BCUT2D eigenvalue weighted by atomic mass is 35.5. The number of amides is 1. The van der Waals surface area contributed by atoms with Crippen molar-refractivity contribution in [2.45, 2.75) is 26.2 Å². The second kappa shape index (κ2) is 8.88. The van der Waals surface area contributed by atoms with Crippen molar-refractivity contribution in [2.24, 2.45) is 0 Å². The van der Waals surface area contributed by atoms with Crippen LogP contribution in [-0.2, 0) is 4.79 Å². The summed E-state index contributed by atoms with van der Waals surface area (Å²) in [5.74, 6) is 0.350. The van der Waals surface area contributed by atoms with Crippen molar-refractivity contribution in [1.29, 1.82) is 0 Å². The van der Waals surface area contributed by atoms with Crippen LogP contribution in [0.3, 0.4) is 0 Å². The average molecular weight is 423 g/mol. The number of anilines is 2. The Hall–Kier alpha value is -2.18. The minimum Gasteiger partial charge on any atom is -0.352 e. The molecule has 0 aliphatic carbocycles. The molecule has 28 heavy (non-hydrogen) atoms. The van der Waals surface area contributed by atoms with Gasteiger partial charge in [-0.15, -0.1) is 6.58 Å². The molecule has 1 aromatic carbocycles. The first-order chi connectivity index (χ1) is 13.5. The molecule has 8 heteroatoms. The molecule has 1 fully saturated rings. The maximum Gasteiger partial charge on any atom is 0.235 e. The number of carbonyl (C=O) groups is 1. The van der Waals surface area contributed by atoms with E-state index in [-0.39, 0.29) is 22.0 Å². The quantitative estimate of drug-likeness (QED) is 0.458. The van der Waals surface area contributed by atoms with E-state index in [2.05, 4.69) is 16.5 Å². The largest absolute Gasteiger partial charge is 0.352 e. The fourth-order valence-corrected chi connectivity index (χ4v) is 3.78. The zero-order valence-electron chi connectivity index (χ0n) is 15.6. The molecule has 0 spiro atoms. The van der Waals surface area contributed by atoms with Crippen LogP contribution >= 0.6 is 23.2 Å². The number of halogens is 3. The van der Waals surface area contributed by atoms with E-state index < -0.39 is 5.82 Å². The number of carbonyl (C=O) groups excluding carboxylic acids is 1. The summed E-state index contributed by atoms with van der Waals surface area (Å²) in [5, 5.41) is 0.380. The van der Waals surface area contributed by atoms with E-state index in [1.807, 2.05) is 11.8 Å². The normalized spacial score (nSPS) is 13.9. The highest BCUT2D eigenvalue weighted by Gasteiger charge is 2.28. The van der Waals surface area contributed by atoms with Crippen LogP contribution in [-0.4, -0.2) is 35.5 Å². The third-order valence-electron chi connectivity index (χ3n) is 4.49. The summed E-state index contributed by atoms with van der Waals surface area (Å²) in [5.41, 5.74) is 1.05. The summed E-state index contributed by atoms with van der Waals surface area (Å²) in [6.07, 6.45) is 3.85. The van der Waals surface area contributed by atoms with Crippen molar-refractivity contribution in [1.82, 2.24) is 9.97 Å². The van der Waals surface area contributed by atoms with Crippen LogP contribution in [0.5, 0.6) is 0 Å². The van der Waals surface area contributed by atoms with Crippen LogP contribution in [0, 0.1) is 5.82 Å². The number of nitrogens with zero attached hydrogens (tertiary/aromatic N) is 4. The molecule has 1 saturated heterocycles. The highest BCUT2D eigenvalue weighted by Crippen LogP contribution is 2.40.